The molecule has 0 fully saturated rings. The summed E-state index contributed by atoms with van der Waals surface area (Å²) in [5.74, 6) is 1.76. The second kappa shape index (κ2) is 5.75. The third-order valence-corrected chi connectivity index (χ3v) is 3.36. The fourth-order valence-electron chi connectivity index (χ4n) is 2.28. The number of methoxy groups -OCH3 is 1. The maximum atomic E-state index is 5.18. The average Bonchev–Trinajstić information content (AvgIpc) is 2.55. The predicted molar refractivity (Wildman–Crippen MR) is 82.4 cm³/mol. The molecule has 1 aromatic carbocycles. The van der Waals surface area contributed by atoms with E-state index in [0.717, 1.165) is 29.0 Å². The number of hydrogen-bond donors (Lipinski definition) is 0. The quantitative estimate of drug-likeness (QED) is 0.735. The smallest absolute Gasteiger partial charge is 0.140 e. The lowest BCUT2D eigenvalue weighted by Gasteiger charge is -2.19. The number of rotatable bonds is 4. The second-order valence-electron chi connectivity index (χ2n) is 4.79. The summed E-state index contributed by atoms with van der Waals surface area (Å²) in [6, 6.07) is 9.98. The van der Waals surface area contributed by atoms with Gasteiger partial charge in [-0.15, -0.1) is 0 Å². The zero-order valence-electron chi connectivity index (χ0n) is 12.0. The van der Waals surface area contributed by atoms with Gasteiger partial charge in [-0.1, -0.05) is 12.1 Å². The molecule has 0 saturated carbocycles. The first-order valence-corrected chi connectivity index (χ1v) is 6.67. The SMILES string of the molecule is COc1ccc(CN(C)c2ncnc3cnccc23)cc1. The van der Waals surface area contributed by atoms with Crippen LogP contribution < -0.4 is 9.64 Å². The molecule has 0 saturated heterocycles. The molecule has 5 heteroatoms. The molecular weight excluding hydrogens is 264 g/mol. The topological polar surface area (TPSA) is 51.1 Å². The van der Waals surface area contributed by atoms with Gasteiger partial charge in [0.25, 0.3) is 0 Å². The Balaban J connectivity index is 1.88. The van der Waals surface area contributed by atoms with Crippen LogP contribution in [-0.2, 0) is 6.54 Å². The van der Waals surface area contributed by atoms with Crippen molar-refractivity contribution in [1.82, 2.24) is 15.0 Å². The van der Waals surface area contributed by atoms with Crippen molar-refractivity contribution in [2.24, 2.45) is 0 Å². The van der Waals surface area contributed by atoms with E-state index >= 15 is 0 Å². The number of pyridine rings is 1. The van der Waals surface area contributed by atoms with Gasteiger partial charge in [-0.2, -0.15) is 0 Å². The van der Waals surface area contributed by atoms with Crippen molar-refractivity contribution in [3.05, 3.63) is 54.6 Å². The van der Waals surface area contributed by atoms with Gasteiger partial charge < -0.3 is 9.64 Å². The van der Waals surface area contributed by atoms with E-state index in [1.807, 2.05) is 25.2 Å². The highest BCUT2D eigenvalue weighted by molar-refractivity contribution is 5.88. The number of ether oxygens (including phenoxy) is 1. The monoisotopic (exact) mass is 280 g/mol. The molecule has 0 bridgehead atoms. The van der Waals surface area contributed by atoms with E-state index in [9.17, 15) is 0 Å². The van der Waals surface area contributed by atoms with Crippen LogP contribution in [0.3, 0.4) is 0 Å². The lowest BCUT2D eigenvalue weighted by Crippen LogP contribution is -2.18. The van der Waals surface area contributed by atoms with Crippen LogP contribution in [0, 0.1) is 0 Å². The second-order valence-corrected chi connectivity index (χ2v) is 4.79. The molecule has 2 aromatic heterocycles. The Bertz CT molecular complexity index is 737. The lowest BCUT2D eigenvalue weighted by molar-refractivity contribution is 0.414. The zero-order chi connectivity index (χ0) is 14.7. The van der Waals surface area contributed by atoms with E-state index in [0.29, 0.717) is 0 Å². The fraction of sp³-hybridized carbons (Fsp3) is 0.188. The summed E-state index contributed by atoms with van der Waals surface area (Å²) in [6.45, 7) is 0.762. The minimum absolute atomic E-state index is 0.762. The molecular formula is C16H16N4O. The first-order valence-electron chi connectivity index (χ1n) is 6.67. The van der Waals surface area contributed by atoms with Crippen molar-refractivity contribution in [2.45, 2.75) is 6.54 Å². The molecule has 0 aliphatic heterocycles. The molecule has 0 aliphatic carbocycles. The standard InChI is InChI=1S/C16H16N4O/c1-20(10-12-3-5-13(21-2)6-4-12)16-14-7-8-17-9-15(14)18-11-19-16/h3-9,11H,10H2,1-2H3. The Morgan fingerprint density at radius 1 is 1.10 bits per heavy atom. The Morgan fingerprint density at radius 2 is 1.90 bits per heavy atom. The number of nitrogens with zero attached hydrogens (tertiary/aromatic N) is 4. The van der Waals surface area contributed by atoms with Crippen molar-refractivity contribution >= 4 is 16.7 Å². The first kappa shape index (κ1) is 13.3. The molecule has 3 rings (SSSR count). The summed E-state index contributed by atoms with van der Waals surface area (Å²) in [5, 5.41) is 1.00. The summed E-state index contributed by atoms with van der Waals surface area (Å²) >= 11 is 0. The van der Waals surface area contributed by atoms with Gasteiger partial charge in [0.15, 0.2) is 0 Å². The van der Waals surface area contributed by atoms with E-state index in [2.05, 4.69) is 32.0 Å². The summed E-state index contributed by atoms with van der Waals surface area (Å²) in [4.78, 5) is 14.8. The molecule has 106 valence electrons. The molecule has 0 aliphatic rings. The number of benzene rings is 1. The Hall–Kier alpha value is -2.69. The number of fused-ring (bicyclic) bond motifs is 1. The van der Waals surface area contributed by atoms with Gasteiger partial charge in [0.05, 0.1) is 18.8 Å². The maximum Gasteiger partial charge on any atom is 0.140 e. The molecule has 0 atom stereocenters. The maximum absolute atomic E-state index is 5.18. The molecule has 0 N–H and O–H groups in total. The number of hydrogen-bond acceptors (Lipinski definition) is 5. The van der Waals surface area contributed by atoms with Crippen LogP contribution in [0.4, 0.5) is 5.82 Å². The predicted octanol–water partition coefficient (Wildman–Crippen LogP) is 2.67. The highest BCUT2D eigenvalue weighted by atomic mass is 16.5. The summed E-state index contributed by atoms with van der Waals surface area (Å²) < 4.78 is 5.18. The van der Waals surface area contributed by atoms with E-state index in [1.54, 1.807) is 25.8 Å². The average molecular weight is 280 g/mol. The van der Waals surface area contributed by atoms with Crippen LogP contribution in [0.5, 0.6) is 5.75 Å². The first-order chi connectivity index (χ1) is 10.3. The van der Waals surface area contributed by atoms with Gasteiger partial charge in [-0.3, -0.25) is 4.98 Å². The van der Waals surface area contributed by atoms with Crippen LogP contribution in [0.25, 0.3) is 10.9 Å². The van der Waals surface area contributed by atoms with E-state index in [-0.39, 0.29) is 0 Å². The van der Waals surface area contributed by atoms with Crippen LogP contribution in [-0.4, -0.2) is 29.1 Å². The number of aromatic nitrogens is 3. The van der Waals surface area contributed by atoms with Gasteiger partial charge in [-0.25, -0.2) is 9.97 Å². The van der Waals surface area contributed by atoms with Gasteiger partial charge in [0.1, 0.15) is 17.9 Å². The molecule has 2 heterocycles. The van der Waals surface area contributed by atoms with Gasteiger partial charge in [0.2, 0.25) is 0 Å². The molecule has 0 unspecified atom stereocenters. The molecule has 21 heavy (non-hydrogen) atoms. The van der Waals surface area contributed by atoms with Crippen LogP contribution in [0.15, 0.2) is 49.1 Å². The minimum Gasteiger partial charge on any atom is -0.497 e. The molecule has 0 radical (unpaired) electrons. The van der Waals surface area contributed by atoms with Crippen LogP contribution in [0.1, 0.15) is 5.56 Å². The highest BCUT2D eigenvalue weighted by Crippen LogP contribution is 2.22. The molecule has 0 amide bonds. The molecule has 0 spiro atoms. The third-order valence-electron chi connectivity index (χ3n) is 3.36. The molecule has 3 aromatic rings. The Labute approximate surface area is 123 Å². The molecule has 5 nitrogen and oxygen atoms in total. The summed E-state index contributed by atoms with van der Waals surface area (Å²) in [6.07, 6.45) is 5.09. The van der Waals surface area contributed by atoms with Gasteiger partial charge in [-0.05, 0) is 23.8 Å². The number of anilines is 1. The van der Waals surface area contributed by atoms with Gasteiger partial charge >= 0.3 is 0 Å². The lowest BCUT2D eigenvalue weighted by atomic mass is 10.2. The highest BCUT2D eigenvalue weighted by Gasteiger charge is 2.09. The van der Waals surface area contributed by atoms with Crippen molar-refractivity contribution in [2.75, 3.05) is 19.1 Å². The zero-order valence-corrected chi connectivity index (χ0v) is 12.0. The van der Waals surface area contributed by atoms with Crippen LogP contribution >= 0.6 is 0 Å². The van der Waals surface area contributed by atoms with Crippen molar-refractivity contribution in [1.29, 1.82) is 0 Å². The largest absolute Gasteiger partial charge is 0.497 e. The van der Waals surface area contributed by atoms with E-state index in [1.165, 1.54) is 5.56 Å². The Morgan fingerprint density at radius 3 is 2.67 bits per heavy atom. The van der Waals surface area contributed by atoms with Crippen molar-refractivity contribution in [3.63, 3.8) is 0 Å². The van der Waals surface area contributed by atoms with Crippen molar-refractivity contribution in [3.8, 4) is 5.75 Å². The van der Waals surface area contributed by atoms with Crippen LogP contribution in [0.2, 0.25) is 0 Å². The summed E-state index contributed by atoms with van der Waals surface area (Å²) in [7, 11) is 3.69. The minimum atomic E-state index is 0.762. The Kier molecular flexibility index (Phi) is 3.64. The third kappa shape index (κ3) is 2.76. The summed E-state index contributed by atoms with van der Waals surface area (Å²) in [5.41, 5.74) is 2.04. The fourth-order valence-corrected chi connectivity index (χ4v) is 2.28. The van der Waals surface area contributed by atoms with Gasteiger partial charge in [0, 0.05) is 25.2 Å². The van der Waals surface area contributed by atoms with E-state index in [4.69, 9.17) is 4.74 Å². The normalized spacial score (nSPS) is 10.6. The van der Waals surface area contributed by atoms with Crippen molar-refractivity contribution < 1.29 is 4.74 Å². The van der Waals surface area contributed by atoms with E-state index < -0.39 is 0 Å².